The van der Waals surface area contributed by atoms with Gasteiger partial charge in [-0.3, -0.25) is 5.32 Å². The highest BCUT2D eigenvalue weighted by Gasteiger charge is 2.23. The number of furan rings is 1. The fourth-order valence-electron chi connectivity index (χ4n) is 1.69. The molecule has 1 N–H and O–H groups in total. The molecule has 0 fully saturated rings. The minimum Gasteiger partial charge on any atom is -0.468 e. The fraction of sp³-hybridized carbons (Fsp3) is 0.615. The lowest BCUT2D eigenvalue weighted by molar-refractivity contribution is 0.397. The number of nitriles is 1. The Hall–Kier alpha value is -0.920. The zero-order valence-corrected chi connectivity index (χ0v) is 11.7. The van der Waals surface area contributed by atoms with Gasteiger partial charge in [-0.2, -0.15) is 5.26 Å². The molecule has 0 aliphatic rings. The molecule has 1 unspecified atom stereocenters. The molecular formula is C13H20N2OS. The van der Waals surface area contributed by atoms with E-state index in [9.17, 15) is 5.26 Å². The van der Waals surface area contributed by atoms with Crippen molar-refractivity contribution in [2.45, 2.75) is 50.6 Å². The molecule has 0 aliphatic carbocycles. The third-order valence-electron chi connectivity index (χ3n) is 2.52. The highest BCUT2D eigenvalue weighted by atomic mass is 32.2. The summed E-state index contributed by atoms with van der Waals surface area (Å²) in [5.74, 6) is 1.86. The molecule has 1 heterocycles. The summed E-state index contributed by atoms with van der Waals surface area (Å²) >= 11 is 1.74. The molecule has 17 heavy (non-hydrogen) atoms. The molecule has 1 aromatic rings. The van der Waals surface area contributed by atoms with Crippen LogP contribution in [0.25, 0.3) is 0 Å². The van der Waals surface area contributed by atoms with E-state index in [0.717, 1.165) is 22.8 Å². The van der Waals surface area contributed by atoms with E-state index in [-0.39, 0.29) is 0 Å². The van der Waals surface area contributed by atoms with Crippen molar-refractivity contribution >= 4 is 11.8 Å². The average molecular weight is 252 g/mol. The Morgan fingerprint density at radius 2 is 2.29 bits per heavy atom. The molecule has 0 spiro atoms. The lowest BCUT2D eigenvalue weighted by atomic mass is 10.0. The number of aryl methyl sites for hydroxylation is 1. The van der Waals surface area contributed by atoms with Crippen LogP contribution in [-0.4, -0.2) is 17.3 Å². The van der Waals surface area contributed by atoms with Crippen LogP contribution in [0.4, 0.5) is 0 Å². The smallest absolute Gasteiger partial charge is 0.114 e. The molecular weight excluding hydrogens is 232 g/mol. The van der Waals surface area contributed by atoms with E-state index >= 15 is 0 Å². The van der Waals surface area contributed by atoms with E-state index in [2.05, 4.69) is 25.2 Å². The molecule has 1 atom stereocenters. The van der Waals surface area contributed by atoms with E-state index < -0.39 is 5.54 Å². The lowest BCUT2D eigenvalue weighted by Crippen LogP contribution is -2.45. The van der Waals surface area contributed by atoms with Crippen molar-refractivity contribution in [3.63, 3.8) is 0 Å². The van der Waals surface area contributed by atoms with E-state index in [1.54, 1.807) is 18.0 Å². The number of thioether (sulfide) groups is 1. The Balaban J connectivity index is 2.44. The van der Waals surface area contributed by atoms with Crippen molar-refractivity contribution < 1.29 is 4.42 Å². The van der Waals surface area contributed by atoms with Gasteiger partial charge in [-0.1, -0.05) is 0 Å². The number of rotatable bonds is 6. The van der Waals surface area contributed by atoms with Gasteiger partial charge in [0.05, 0.1) is 12.3 Å². The Labute approximate surface area is 108 Å². The van der Waals surface area contributed by atoms with Gasteiger partial charge in [-0.15, -0.1) is 11.8 Å². The quantitative estimate of drug-likeness (QED) is 0.789. The first-order valence-electron chi connectivity index (χ1n) is 5.83. The second-order valence-electron chi connectivity index (χ2n) is 4.68. The van der Waals surface area contributed by atoms with Crippen LogP contribution in [0.2, 0.25) is 0 Å². The molecule has 4 heteroatoms. The Bertz CT molecular complexity index is 394. The second kappa shape index (κ2) is 6.13. The van der Waals surface area contributed by atoms with Gasteiger partial charge in [0.2, 0.25) is 0 Å². The molecule has 0 aromatic carbocycles. The van der Waals surface area contributed by atoms with Gasteiger partial charge in [0, 0.05) is 16.7 Å². The molecule has 3 nitrogen and oxygen atoms in total. The van der Waals surface area contributed by atoms with Crippen molar-refractivity contribution in [3.05, 3.63) is 18.1 Å². The summed E-state index contributed by atoms with van der Waals surface area (Å²) in [5, 5.41) is 12.5. The van der Waals surface area contributed by atoms with Gasteiger partial charge >= 0.3 is 0 Å². The van der Waals surface area contributed by atoms with Gasteiger partial charge in [0.25, 0.3) is 0 Å². The zero-order chi connectivity index (χ0) is 12.9. The highest BCUT2D eigenvalue weighted by molar-refractivity contribution is 7.99. The molecule has 0 saturated heterocycles. The molecule has 1 rings (SSSR count). The predicted octanol–water partition coefficient (Wildman–Crippen LogP) is 3.35. The van der Waals surface area contributed by atoms with Crippen molar-refractivity contribution in [3.8, 4) is 6.07 Å². The summed E-state index contributed by atoms with van der Waals surface area (Å²) < 4.78 is 5.24. The number of nitrogens with zero attached hydrogens (tertiary/aromatic N) is 1. The van der Waals surface area contributed by atoms with E-state index in [1.165, 1.54) is 0 Å². The molecule has 0 bridgehead atoms. The van der Waals surface area contributed by atoms with Crippen molar-refractivity contribution in [1.29, 1.82) is 5.26 Å². The summed E-state index contributed by atoms with van der Waals surface area (Å²) in [6, 6.07) is 4.65. The van der Waals surface area contributed by atoms with Gasteiger partial charge < -0.3 is 4.42 Å². The van der Waals surface area contributed by atoms with Crippen LogP contribution in [0.15, 0.2) is 21.6 Å². The summed E-state index contributed by atoms with van der Waals surface area (Å²) in [4.78, 5) is 1.16. The molecule has 0 amide bonds. The van der Waals surface area contributed by atoms with Crippen molar-refractivity contribution in [1.82, 2.24) is 5.32 Å². The van der Waals surface area contributed by atoms with Gasteiger partial charge in [0.1, 0.15) is 11.3 Å². The van der Waals surface area contributed by atoms with Crippen LogP contribution < -0.4 is 5.32 Å². The van der Waals surface area contributed by atoms with Crippen molar-refractivity contribution in [2.24, 2.45) is 0 Å². The molecule has 0 radical (unpaired) electrons. The number of hydrogen-bond acceptors (Lipinski definition) is 4. The van der Waals surface area contributed by atoms with Crippen LogP contribution >= 0.6 is 11.8 Å². The Morgan fingerprint density at radius 1 is 1.59 bits per heavy atom. The van der Waals surface area contributed by atoms with E-state index in [4.69, 9.17) is 4.42 Å². The average Bonchev–Trinajstić information content (AvgIpc) is 2.63. The lowest BCUT2D eigenvalue weighted by Gasteiger charge is -2.25. The second-order valence-corrected chi connectivity index (χ2v) is 5.82. The van der Waals surface area contributed by atoms with Crippen LogP contribution in [0.3, 0.4) is 0 Å². The van der Waals surface area contributed by atoms with E-state index in [0.29, 0.717) is 6.04 Å². The highest BCUT2D eigenvalue weighted by Crippen LogP contribution is 2.25. The maximum absolute atomic E-state index is 9.21. The number of nitrogens with one attached hydrogen (secondary N) is 1. The largest absolute Gasteiger partial charge is 0.468 e. The number of hydrogen-bond donors (Lipinski definition) is 1. The summed E-state index contributed by atoms with van der Waals surface area (Å²) in [5.41, 5.74) is -0.446. The summed E-state index contributed by atoms with van der Waals surface area (Å²) in [6.07, 6.45) is 2.52. The Kier molecular flexibility index (Phi) is 5.10. The minimum atomic E-state index is -0.446. The van der Waals surface area contributed by atoms with E-state index in [1.807, 2.05) is 19.9 Å². The molecule has 1 aromatic heterocycles. The van der Waals surface area contributed by atoms with Crippen LogP contribution in [0.5, 0.6) is 0 Å². The first kappa shape index (κ1) is 14.1. The summed E-state index contributed by atoms with van der Waals surface area (Å²) in [7, 11) is 0. The third-order valence-corrected chi connectivity index (χ3v) is 3.67. The molecule has 94 valence electrons. The monoisotopic (exact) mass is 252 g/mol. The zero-order valence-electron chi connectivity index (χ0n) is 10.9. The van der Waals surface area contributed by atoms with Gasteiger partial charge in [-0.05, 0) is 40.2 Å². The normalized spacial score (nSPS) is 14.6. The first-order valence-corrected chi connectivity index (χ1v) is 6.81. The molecule has 0 saturated carbocycles. The molecule has 0 aliphatic heterocycles. The summed E-state index contributed by atoms with van der Waals surface area (Å²) in [6.45, 7) is 8.03. The standard InChI is InChI=1S/C13H20N2OS/c1-10(2)15-13(4,9-14)6-8-17-12-5-7-16-11(12)3/h5,7,10,15H,6,8H2,1-4H3. The fourth-order valence-corrected chi connectivity index (χ4v) is 2.82. The van der Waals surface area contributed by atoms with Crippen LogP contribution in [0.1, 0.15) is 33.0 Å². The SMILES string of the molecule is Cc1occc1SCCC(C)(C#N)NC(C)C. The van der Waals surface area contributed by atoms with Gasteiger partial charge in [-0.25, -0.2) is 0 Å². The third kappa shape index (κ3) is 4.45. The predicted molar refractivity (Wildman–Crippen MR) is 71.1 cm³/mol. The topological polar surface area (TPSA) is 49.0 Å². The minimum absolute atomic E-state index is 0.320. The maximum atomic E-state index is 9.21. The van der Waals surface area contributed by atoms with Crippen LogP contribution in [-0.2, 0) is 0 Å². The Morgan fingerprint density at radius 3 is 2.76 bits per heavy atom. The van der Waals surface area contributed by atoms with Crippen LogP contribution in [0, 0.1) is 18.3 Å². The first-order chi connectivity index (χ1) is 7.97. The van der Waals surface area contributed by atoms with Crippen molar-refractivity contribution in [2.75, 3.05) is 5.75 Å². The van der Waals surface area contributed by atoms with Gasteiger partial charge in [0.15, 0.2) is 0 Å². The maximum Gasteiger partial charge on any atom is 0.114 e.